The van der Waals surface area contributed by atoms with Crippen molar-refractivity contribution < 1.29 is 19.2 Å². The Kier molecular flexibility index (Phi) is 15.9. The van der Waals surface area contributed by atoms with Crippen molar-refractivity contribution in [2.75, 3.05) is 36.8 Å². The number of likely N-dealkylation sites (tertiary alicyclic amines) is 1. The first-order chi connectivity index (χ1) is 32.7. The van der Waals surface area contributed by atoms with Gasteiger partial charge in [-0.05, 0) is 144 Å². The van der Waals surface area contributed by atoms with E-state index in [0.29, 0.717) is 23.6 Å². The number of fused-ring (bicyclic) bond motifs is 2. The first-order valence-corrected chi connectivity index (χ1v) is 22.4. The summed E-state index contributed by atoms with van der Waals surface area (Å²) in [5, 5.41) is 8.79. The summed E-state index contributed by atoms with van der Waals surface area (Å²) in [6.07, 6.45) is 11.8. The summed E-state index contributed by atoms with van der Waals surface area (Å²) in [6, 6.07) is 42.8. The Morgan fingerprint density at radius 1 is 0.632 bits per heavy atom. The Hall–Kier alpha value is -7.93. The average Bonchev–Trinajstić information content (AvgIpc) is 4.22. The molecule has 0 spiro atoms. The molecule has 2 aliphatic rings. The van der Waals surface area contributed by atoms with E-state index >= 15 is 0 Å². The van der Waals surface area contributed by atoms with Crippen LogP contribution in [0.1, 0.15) is 63.9 Å². The number of allylic oxidation sites excluding steroid dienone is 1. The number of amides is 3. The van der Waals surface area contributed by atoms with Crippen LogP contribution in [0.2, 0.25) is 0 Å². The molecule has 68 heavy (non-hydrogen) atoms. The van der Waals surface area contributed by atoms with Gasteiger partial charge in [0.25, 0.3) is 11.8 Å². The molecule has 0 radical (unpaired) electrons. The van der Waals surface area contributed by atoms with E-state index in [0.717, 1.165) is 78.0 Å². The minimum absolute atomic E-state index is 0. The van der Waals surface area contributed by atoms with Crippen LogP contribution in [0, 0.1) is 0 Å². The van der Waals surface area contributed by atoms with E-state index in [-0.39, 0.29) is 31.1 Å². The lowest BCUT2D eigenvalue weighted by Gasteiger charge is -2.13. The van der Waals surface area contributed by atoms with Crippen molar-refractivity contribution in [2.24, 2.45) is 0 Å². The van der Waals surface area contributed by atoms with Gasteiger partial charge in [0.15, 0.2) is 0 Å². The van der Waals surface area contributed by atoms with Gasteiger partial charge in [-0.2, -0.15) is 0 Å². The maximum absolute atomic E-state index is 12.6. The van der Waals surface area contributed by atoms with Gasteiger partial charge >= 0.3 is 0 Å². The van der Waals surface area contributed by atoms with Crippen LogP contribution in [0.4, 0.5) is 11.4 Å². The number of hydrogen-bond acceptors (Lipinski definition) is 7. The molecule has 2 fully saturated rings. The minimum atomic E-state index is -0.509. The molecule has 4 aromatic carbocycles. The number of halogens is 1. The number of benzene rings is 4. The summed E-state index contributed by atoms with van der Waals surface area (Å²) in [4.78, 5) is 57.1. The van der Waals surface area contributed by atoms with E-state index in [9.17, 15) is 19.2 Å². The molecule has 0 aliphatic carbocycles. The van der Waals surface area contributed by atoms with Crippen LogP contribution in [0.5, 0.6) is 0 Å². The topological polar surface area (TPSA) is 142 Å². The predicted molar refractivity (Wildman–Crippen MR) is 272 cm³/mol. The predicted octanol–water partition coefficient (Wildman–Crippen LogP) is 10.7. The van der Waals surface area contributed by atoms with Crippen molar-refractivity contribution in [2.45, 2.75) is 32.1 Å². The Balaban J connectivity index is 0.000000182. The zero-order valence-electron chi connectivity index (χ0n) is 36.7. The van der Waals surface area contributed by atoms with E-state index in [1.165, 1.54) is 22.7 Å². The molecular formula is C55H53ClN8O4. The van der Waals surface area contributed by atoms with Crippen LogP contribution in [-0.2, 0) is 9.59 Å². The van der Waals surface area contributed by atoms with Crippen LogP contribution in [0.25, 0.3) is 33.5 Å². The molecule has 8 aromatic rings. The van der Waals surface area contributed by atoms with Gasteiger partial charge in [-0.3, -0.25) is 19.2 Å². The zero-order valence-corrected chi connectivity index (χ0v) is 37.5. The highest BCUT2D eigenvalue weighted by Gasteiger charge is 2.29. The Morgan fingerprint density at radius 3 is 1.53 bits per heavy atom. The van der Waals surface area contributed by atoms with E-state index in [1.807, 2.05) is 139 Å². The smallest absolute Gasteiger partial charge is 0.255 e. The lowest BCUT2D eigenvalue weighted by molar-refractivity contribution is -0.125. The third kappa shape index (κ3) is 11.2. The molecule has 13 heteroatoms. The summed E-state index contributed by atoms with van der Waals surface area (Å²) >= 11 is 4.71. The van der Waals surface area contributed by atoms with Crippen molar-refractivity contribution in [1.82, 2.24) is 29.0 Å². The lowest BCUT2D eigenvalue weighted by Crippen LogP contribution is -2.26. The van der Waals surface area contributed by atoms with Crippen molar-refractivity contribution in [1.29, 1.82) is 0 Å². The van der Waals surface area contributed by atoms with Crippen molar-refractivity contribution in [3.8, 4) is 22.5 Å². The minimum Gasteiger partial charge on any atom is -0.339 e. The third-order valence-corrected chi connectivity index (χ3v) is 12.1. The maximum Gasteiger partial charge on any atom is 0.255 e. The Bertz CT molecular complexity index is 3030. The summed E-state index contributed by atoms with van der Waals surface area (Å²) < 4.78 is 4.22. The van der Waals surface area contributed by atoms with Crippen LogP contribution in [0.3, 0.4) is 0 Å². The Labute approximate surface area is 401 Å². The van der Waals surface area contributed by atoms with Gasteiger partial charge in [-0.15, -0.1) is 0 Å². The fraction of sp³-hybridized carbons (Fsp3) is 0.164. The molecule has 2 saturated heterocycles. The highest BCUT2D eigenvalue weighted by atomic mass is 35.5. The van der Waals surface area contributed by atoms with Gasteiger partial charge in [0.2, 0.25) is 11.1 Å². The number of hydrogen-bond donors (Lipinski definition) is 3. The number of carbonyl (C=O) groups excluding carboxylic acids is 4. The molecule has 3 amide bonds. The molecule has 344 valence electrons. The average molecular weight is 926 g/mol. The lowest BCUT2D eigenvalue weighted by atomic mass is 9.98. The summed E-state index contributed by atoms with van der Waals surface area (Å²) in [6.45, 7) is 10.2. The first kappa shape index (κ1) is 48.0. The van der Waals surface area contributed by atoms with Gasteiger partial charge in [0.1, 0.15) is 0 Å². The summed E-state index contributed by atoms with van der Waals surface area (Å²) in [5.74, 6) is 0.510. The number of anilines is 2. The molecule has 2 aliphatic heterocycles. The normalized spacial score (nSPS) is 14.9. The van der Waals surface area contributed by atoms with Gasteiger partial charge in [-0.25, -0.2) is 9.97 Å². The molecule has 4 aromatic heterocycles. The molecule has 12 nitrogen and oxygen atoms in total. The van der Waals surface area contributed by atoms with Crippen molar-refractivity contribution in [3.05, 3.63) is 206 Å². The number of nitrogens with one attached hydrogen (secondary N) is 3. The standard InChI is InChI=1S/C27H24N4O2.C24H22N4O.C3H3ClO.CH4/c1-2-26(32)30-15-13-21(17-30)23-16-25(31-18-28-14-12-24(23)31)19-8-10-20(11-9-19)27(33)29-22-6-4-3-5-7-22;29-24(27-20-4-2-1-3-5-20)18-8-6-17(7-9-18)23-14-21(19-10-12-25-15-19)22-11-13-26-16-28(22)23;1-2-3(4)5;/h2-12,14,16,18,21H,1,13,15,17H2,(H,29,33);1-9,11,13-14,16,19,25H,10,12,15H2,(H,27,29);2H,1H2;1H4. The van der Waals surface area contributed by atoms with Crippen LogP contribution in [0.15, 0.2) is 184 Å². The fourth-order valence-corrected chi connectivity index (χ4v) is 8.56. The number of para-hydroxylation sites is 2. The van der Waals surface area contributed by atoms with Crippen LogP contribution < -0.4 is 16.0 Å². The monoisotopic (exact) mass is 924 g/mol. The number of aromatic nitrogens is 4. The van der Waals surface area contributed by atoms with E-state index < -0.39 is 5.24 Å². The molecule has 0 saturated carbocycles. The second-order valence-electron chi connectivity index (χ2n) is 16.1. The largest absolute Gasteiger partial charge is 0.339 e. The van der Waals surface area contributed by atoms with Crippen molar-refractivity contribution >= 4 is 57.0 Å². The van der Waals surface area contributed by atoms with Gasteiger partial charge in [0, 0.05) is 60.4 Å². The number of nitrogens with zero attached hydrogens (tertiary/aromatic N) is 5. The highest BCUT2D eigenvalue weighted by Crippen LogP contribution is 2.36. The second kappa shape index (κ2) is 22.5. The molecule has 3 N–H and O–H groups in total. The van der Waals surface area contributed by atoms with E-state index in [2.05, 4.69) is 66.1 Å². The van der Waals surface area contributed by atoms with Gasteiger partial charge < -0.3 is 29.7 Å². The fourth-order valence-electron chi connectivity index (χ4n) is 8.56. The molecule has 2 atom stereocenters. The highest BCUT2D eigenvalue weighted by molar-refractivity contribution is 6.66. The molecule has 2 unspecified atom stereocenters. The van der Waals surface area contributed by atoms with E-state index in [4.69, 9.17) is 11.6 Å². The van der Waals surface area contributed by atoms with Crippen LogP contribution in [-0.4, -0.2) is 72.8 Å². The third-order valence-electron chi connectivity index (χ3n) is 11.9. The number of rotatable bonds is 10. The van der Waals surface area contributed by atoms with Gasteiger partial charge in [0.05, 0.1) is 35.1 Å². The van der Waals surface area contributed by atoms with E-state index in [1.54, 1.807) is 6.20 Å². The first-order valence-electron chi connectivity index (χ1n) is 22.0. The van der Waals surface area contributed by atoms with Crippen LogP contribution >= 0.6 is 11.6 Å². The molecular weight excluding hydrogens is 872 g/mol. The molecule has 6 heterocycles. The number of carbonyl (C=O) groups is 4. The quantitative estimate of drug-likeness (QED) is 0.0916. The summed E-state index contributed by atoms with van der Waals surface area (Å²) in [7, 11) is 0. The maximum atomic E-state index is 12.6. The SMILES string of the molecule is C.C=CC(=O)Cl.C=CC(=O)N1CCC(c2cc(-c3ccc(C(=O)Nc4ccccc4)cc3)n3cnccc23)C1.O=C(Nc1ccccc1)c1ccc(-c2cc(C3CCNC3)c3ccncn23)cc1. The van der Waals surface area contributed by atoms with Crippen molar-refractivity contribution in [3.63, 3.8) is 0 Å². The zero-order chi connectivity index (χ0) is 46.7. The molecule has 10 rings (SSSR count). The second-order valence-corrected chi connectivity index (χ2v) is 16.5. The summed E-state index contributed by atoms with van der Waals surface area (Å²) in [5.41, 5.74) is 11.8. The molecule has 0 bridgehead atoms. The van der Waals surface area contributed by atoms with Gasteiger partial charge in [-0.1, -0.05) is 81.2 Å². The Morgan fingerprint density at radius 2 is 1.10 bits per heavy atom.